The summed E-state index contributed by atoms with van der Waals surface area (Å²) in [6.45, 7) is 3.84. The zero-order valence-electron chi connectivity index (χ0n) is 18.8. The number of carbonyl (C=O) groups is 1. The number of anilines is 1. The van der Waals surface area contributed by atoms with Gasteiger partial charge in [0.05, 0.1) is 29.7 Å². The molecule has 0 unspecified atom stereocenters. The molecule has 2 aliphatic rings. The van der Waals surface area contributed by atoms with Crippen LogP contribution in [0.25, 0.3) is 11.0 Å². The number of aromatic nitrogens is 3. The molecule has 3 aromatic heterocycles. The fraction of sp³-hybridized carbons (Fsp3) is 0.417. The highest BCUT2D eigenvalue weighted by Gasteiger charge is 2.37. The number of aliphatic hydroxyl groups is 1. The number of aliphatic hydroxyl groups excluding tert-OH is 1. The molecule has 5 rings (SSSR count). The molecule has 3 N–H and O–H groups in total. The van der Waals surface area contributed by atoms with Crippen molar-refractivity contribution in [2.24, 2.45) is 11.8 Å². The van der Waals surface area contributed by atoms with Gasteiger partial charge in [-0.05, 0) is 37.8 Å². The molecule has 178 valence electrons. The SMILES string of the molecule is Cc1ccc2ncc(F)c(NC(=O)[C@H]3C[C@H](CNCc4cc5c(cn4)OCCO5)[C@H](O)C3)c2n1. The predicted octanol–water partition coefficient (Wildman–Crippen LogP) is 2.36. The molecule has 1 aliphatic carbocycles. The second-order valence-electron chi connectivity index (χ2n) is 8.74. The molecule has 1 fully saturated rings. The Labute approximate surface area is 195 Å². The Morgan fingerprint density at radius 2 is 2.00 bits per heavy atom. The maximum absolute atomic E-state index is 14.5. The van der Waals surface area contributed by atoms with E-state index in [1.54, 1.807) is 25.3 Å². The van der Waals surface area contributed by atoms with Crippen molar-refractivity contribution < 1.29 is 23.8 Å². The zero-order valence-corrected chi connectivity index (χ0v) is 18.8. The normalized spacial score (nSPS) is 21.6. The van der Waals surface area contributed by atoms with Crippen molar-refractivity contribution in [3.05, 3.63) is 47.8 Å². The van der Waals surface area contributed by atoms with Crippen LogP contribution in [0, 0.1) is 24.6 Å². The fourth-order valence-electron chi connectivity index (χ4n) is 4.49. The molecule has 0 aromatic carbocycles. The number of ether oxygens (including phenoxy) is 2. The Bertz CT molecular complexity index is 1220. The number of halogens is 1. The smallest absolute Gasteiger partial charge is 0.227 e. The summed E-state index contributed by atoms with van der Waals surface area (Å²) in [5, 5.41) is 16.5. The number of amides is 1. The van der Waals surface area contributed by atoms with Crippen LogP contribution in [-0.2, 0) is 11.3 Å². The molecular formula is C24H26FN5O4. The van der Waals surface area contributed by atoms with Crippen molar-refractivity contribution in [2.45, 2.75) is 32.4 Å². The van der Waals surface area contributed by atoms with Crippen molar-refractivity contribution >= 4 is 22.6 Å². The second-order valence-corrected chi connectivity index (χ2v) is 8.74. The number of pyridine rings is 3. The Hall–Kier alpha value is -3.37. The number of carbonyl (C=O) groups excluding carboxylic acids is 1. The summed E-state index contributed by atoms with van der Waals surface area (Å²) in [5.41, 5.74) is 2.35. The fourth-order valence-corrected chi connectivity index (χ4v) is 4.49. The summed E-state index contributed by atoms with van der Waals surface area (Å²) in [5.74, 6) is -0.184. The van der Waals surface area contributed by atoms with Crippen molar-refractivity contribution in [2.75, 3.05) is 25.1 Å². The van der Waals surface area contributed by atoms with Gasteiger partial charge in [0.2, 0.25) is 5.91 Å². The van der Waals surface area contributed by atoms with Gasteiger partial charge in [-0.15, -0.1) is 0 Å². The Morgan fingerprint density at radius 3 is 2.85 bits per heavy atom. The number of hydrogen-bond donors (Lipinski definition) is 3. The monoisotopic (exact) mass is 467 g/mol. The maximum Gasteiger partial charge on any atom is 0.227 e. The Morgan fingerprint density at radius 1 is 1.18 bits per heavy atom. The zero-order chi connectivity index (χ0) is 23.7. The third-order valence-corrected chi connectivity index (χ3v) is 6.28. The first kappa shape index (κ1) is 22.4. The van der Waals surface area contributed by atoms with Crippen LogP contribution in [-0.4, -0.2) is 51.8 Å². The van der Waals surface area contributed by atoms with E-state index in [0.29, 0.717) is 67.4 Å². The van der Waals surface area contributed by atoms with Gasteiger partial charge in [0.25, 0.3) is 0 Å². The lowest BCUT2D eigenvalue weighted by molar-refractivity contribution is -0.119. The van der Waals surface area contributed by atoms with Gasteiger partial charge in [-0.1, -0.05) is 0 Å². The number of fused-ring (bicyclic) bond motifs is 2. The molecule has 10 heteroatoms. The number of nitrogens with one attached hydrogen (secondary N) is 2. The summed E-state index contributed by atoms with van der Waals surface area (Å²) < 4.78 is 25.5. The molecule has 0 radical (unpaired) electrons. The lowest BCUT2D eigenvalue weighted by Crippen LogP contribution is -2.28. The van der Waals surface area contributed by atoms with Gasteiger partial charge in [0, 0.05) is 30.8 Å². The first-order chi connectivity index (χ1) is 16.5. The van der Waals surface area contributed by atoms with Crippen LogP contribution in [0.15, 0.2) is 30.6 Å². The summed E-state index contributed by atoms with van der Waals surface area (Å²) in [4.78, 5) is 25.7. The minimum absolute atomic E-state index is 0.0273. The summed E-state index contributed by atoms with van der Waals surface area (Å²) in [6, 6.07) is 5.36. The average molecular weight is 468 g/mol. The third kappa shape index (κ3) is 4.64. The van der Waals surface area contributed by atoms with Crippen molar-refractivity contribution in [1.82, 2.24) is 20.3 Å². The number of nitrogens with zero attached hydrogens (tertiary/aromatic N) is 3. The summed E-state index contributed by atoms with van der Waals surface area (Å²) in [7, 11) is 0. The summed E-state index contributed by atoms with van der Waals surface area (Å²) >= 11 is 0. The molecule has 3 aromatic rings. The molecular weight excluding hydrogens is 441 g/mol. The first-order valence-corrected chi connectivity index (χ1v) is 11.3. The molecule has 0 bridgehead atoms. The number of rotatable bonds is 6. The highest BCUT2D eigenvalue weighted by atomic mass is 19.1. The summed E-state index contributed by atoms with van der Waals surface area (Å²) in [6.07, 6.45) is 2.91. The van der Waals surface area contributed by atoms with E-state index in [4.69, 9.17) is 9.47 Å². The molecule has 3 atom stereocenters. The molecule has 0 spiro atoms. The van der Waals surface area contributed by atoms with Crippen LogP contribution in [0.3, 0.4) is 0 Å². The molecule has 9 nitrogen and oxygen atoms in total. The van der Waals surface area contributed by atoms with Gasteiger partial charge in [0.15, 0.2) is 17.3 Å². The van der Waals surface area contributed by atoms with E-state index in [1.807, 2.05) is 6.07 Å². The van der Waals surface area contributed by atoms with Crippen molar-refractivity contribution in [3.8, 4) is 11.5 Å². The van der Waals surface area contributed by atoms with E-state index in [-0.39, 0.29) is 17.5 Å². The topological polar surface area (TPSA) is 118 Å². The molecule has 1 saturated carbocycles. The van der Waals surface area contributed by atoms with Crippen LogP contribution in [0.2, 0.25) is 0 Å². The van der Waals surface area contributed by atoms with Gasteiger partial charge >= 0.3 is 0 Å². The second kappa shape index (κ2) is 9.47. The van der Waals surface area contributed by atoms with E-state index in [9.17, 15) is 14.3 Å². The lowest BCUT2D eigenvalue weighted by Gasteiger charge is -2.19. The van der Waals surface area contributed by atoms with Crippen LogP contribution in [0.5, 0.6) is 11.5 Å². The van der Waals surface area contributed by atoms with E-state index >= 15 is 0 Å². The van der Waals surface area contributed by atoms with Gasteiger partial charge in [-0.3, -0.25) is 14.8 Å². The quantitative estimate of drug-likeness (QED) is 0.506. The standard InChI is InChI=1S/C24H26FN5O4/c1-13-2-3-18-23(29-13)22(17(25)11-28-18)30-24(32)14-6-15(19(31)7-14)9-26-10-16-8-20-21(12-27-16)34-5-4-33-20/h2-3,8,11-12,14-15,19,26,31H,4-7,9-10H2,1H3,(H,28,30,32)/t14-,15+,19+/m0/s1. The van der Waals surface area contributed by atoms with Gasteiger partial charge in [-0.25, -0.2) is 9.37 Å². The van der Waals surface area contributed by atoms with Gasteiger partial charge in [-0.2, -0.15) is 0 Å². The van der Waals surface area contributed by atoms with E-state index in [2.05, 4.69) is 25.6 Å². The predicted molar refractivity (Wildman–Crippen MR) is 122 cm³/mol. The lowest BCUT2D eigenvalue weighted by atomic mass is 10.0. The maximum atomic E-state index is 14.5. The molecule has 1 amide bonds. The van der Waals surface area contributed by atoms with Crippen molar-refractivity contribution in [3.63, 3.8) is 0 Å². The van der Waals surface area contributed by atoms with Crippen molar-refractivity contribution in [1.29, 1.82) is 0 Å². The highest BCUT2D eigenvalue weighted by Crippen LogP contribution is 2.33. The molecule has 0 saturated heterocycles. The Balaban J connectivity index is 1.19. The van der Waals surface area contributed by atoms with Crippen LogP contribution < -0.4 is 20.1 Å². The molecule has 34 heavy (non-hydrogen) atoms. The van der Waals surface area contributed by atoms with E-state index in [0.717, 1.165) is 11.9 Å². The number of hydrogen-bond acceptors (Lipinski definition) is 8. The molecule has 1 aliphatic heterocycles. The van der Waals surface area contributed by atoms with Crippen LogP contribution in [0.1, 0.15) is 24.2 Å². The Kier molecular flexibility index (Phi) is 6.25. The first-order valence-electron chi connectivity index (χ1n) is 11.3. The minimum atomic E-state index is -0.636. The van der Waals surface area contributed by atoms with E-state index < -0.39 is 17.8 Å². The highest BCUT2D eigenvalue weighted by molar-refractivity contribution is 6.00. The van der Waals surface area contributed by atoms with Gasteiger partial charge in [0.1, 0.15) is 24.4 Å². The molecule has 4 heterocycles. The number of aryl methyl sites for hydroxylation is 1. The largest absolute Gasteiger partial charge is 0.486 e. The minimum Gasteiger partial charge on any atom is -0.486 e. The van der Waals surface area contributed by atoms with Crippen LogP contribution in [0.4, 0.5) is 10.1 Å². The van der Waals surface area contributed by atoms with Gasteiger partial charge < -0.3 is 25.2 Å². The van der Waals surface area contributed by atoms with Crippen LogP contribution >= 0.6 is 0 Å². The van der Waals surface area contributed by atoms with E-state index in [1.165, 1.54) is 0 Å². The third-order valence-electron chi connectivity index (χ3n) is 6.28. The average Bonchev–Trinajstić information content (AvgIpc) is 3.21.